The first-order chi connectivity index (χ1) is 19.9. The molecule has 2 N–H and O–H groups in total. The molecule has 1 aromatic carbocycles. The summed E-state index contributed by atoms with van der Waals surface area (Å²) in [6.45, 7) is 8.71. The van der Waals surface area contributed by atoms with Crippen molar-refractivity contribution < 1.29 is 9.53 Å². The second-order valence-electron chi connectivity index (χ2n) is 13.2. The van der Waals surface area contributed by atoms with Crippen molar-refractivity contribution in [2.24, 2.45) is 11.3 Å². The zero-order valence-corrected chi connectivity index (χ0v) is 24.8. The van der Waals surface area contributed by atoms with Crippen molar-refractivity contribution in [2.45, 2.75) is 75.6 Å². The van der Waals surface area contributed by atoms with E-state index < -0.39 is 0 Å². The number of rotatable bonds is 6. The Labute approximate surface area is 245 Å². The van der Waals surface area contributed by atoms with Crippen LogP contribution in [0.3, 0.4) is 0 Å². The number of carbonyl (C=O) groups excluding carboxylic acids is 1. The van der Waals surface area contributed by atoms with Gasteiger partial charge in [0.2, 0.25) is 5.91 Å². The normalized spacial score (nSPS) is 36.0. The SMILES string of the molecule is C=CC(=O)N1CCN(C2NC(OCC3CCCN3C)NC3C[C@@]4(CCC32)Cc2ccccc2N(C)C4)CC1CC#N. The molecule has 4 fully saturated rings. The third-order valence-corrected chi connectivity index (χ3v) is 10.6. The molecule has 4 heterocycles. The van der Waals surface area contributed by atoms with Gasteiger partial charge in [0.1, 0.15) is 0 Å². The Morgan fingerprint density at radius 3 is 2.83 bits per heavy atom. The van der Waals surface area contributed by atoms with Gasteiger partial charge in [-0.15, -0.1) is 0 Å². The largest absolute Gasteiger partial charge is 0.374 e. The number of fused-ring (bicyclic) bond motifs is 2. The molecule has 3 saturated heterocycles. The molecule has 1 aromatic rings. The van der Waals surface area contributed by atoms with E-state index in [0.717, 1.165) is 38.9 Å². The van der Waals surface area contributed by atoms with Gasteiger partial charge in [-0.25, -0.2) is 0 Å². The van der Waals surface area contributed by atoms with Gasteiger partial charge in [-0.05, 0) is 75.2 Å². The first-order valence-corrected chi connectivity index (χ1v) is 15.6. The van der Waals surface area contributed by atoms with Gasteiger partial charge in [-0.2, -0.15) is 5.26 Å². The number of likely N-dealkylation sites (tertiary alicyclic amines) is 1. The summed E-state index contributed by atoms with van der Waals surface area (Å²) in [5.41, 5.74) is 3.08. The predicted octanol–water partition coefficient (Wildman–Crippen LogP) is 2.36. The number of nitrogens with zero attached hydrogens (tertiary/aromatic N) is 5. The Morgan fingerprint density at radius 2 is 2.05 bits per heavy atom. The number of ether oxygens (including phenoxy) is 1. The molecule has 6 rings (SSSR count). The number of hydrogen-bond acceptors (Lipinski definition) is 8. The van der Waals surface area contributed by atoms with Crippen LogP contribution in [-0.4, -0.2) is 105 Å². The topological polar surface area (TPSA) is 87.1 Å². The lowest BCUT2D eigenvalue weighted by molar-refractivity contribution is -0.137. The van der Waals surface area contributed by atoms with E-state index in [0.29, 0.717) is 44.1 Å². The highest BCUT2D eigenvalue weighted by Crippen LogP contribution is 2.48. The lowest BCUT2D eigenvalue weighted by Gasteiger charge is -2.57. The van der Waals surface area contributed by atoms with Crippen molar-refractivity contribution in [3.05, 3.63) is 42.5 Å². The zero-order valence-electron chi connectivity index (χ0n) is 24.8. The number of para-hydroxylation sites is 1. The Hall–Kier alpha value is -2.48. The van der Waals surface area contributed by atoms with Crippen LogP contribution in [0.25, 0.3) is 0 Å². The molecule has 5 aliphatic rings. The van der Waals surface area contributed by atoms with Crippen LogP contribution < -0.4 is 15.5 Å². The van der Waals surface area contributed by atoms with Gasteiger partial charge in [0, 0.05) is 56.9 Å². The van der Waals surface area contributed by atoms with E-state index in [1.54, 1.807) is 0 Å². The van der Waals surface area contributed by atoms with Crippen molar-refractivity contribution in [1.82, 2.24) is 25.3 Å². The highest BCUT2D eigenvalue weighted by atomic mass is 16.5. The Morgan fingerprint density at radius 1 is 1.20 bits per heavy atom. The molecule has 222 valence electrons. The molecule has 6 unspecified atom stereocenters. The molecule has 0 aromatic heterocycles. The average molecular weight is 562 g/mol. The minimum absolute atomic E-state index is 0.0794. The van der Waals surface area contributed by atoms with Crippen LogP contribution in [0.1, 0.15) is 44.1 Å². The predicted molar refractivity (Wildman–Crippen MR) is 160 cm³/mol. The first-order valence-electron chi connectivity index (χ1n) is 15.6. The van der Waals surface area contributed by atoms with E-state index in [2.05, 4.69) is 76.3 Å². The lowest BCUT2D eigenvalue weighted by atomic mass is 9.62. The van der Waals surface area contributed by atoms with E-state index in [1.165, 1.54) is 36.6 Å². The van der Waals surface area contributed by atoms with Gasteiger partial charge in [-0.3, -0.25) is 20.3 Å². The quantitative estimate of drug-likeness (QED) is 0.512. The molecule has 0 radical (unpaired) electrons. The summed E-state index contributed by atoms with van der Waals surface area (Å²) in [6.07, 6.45) is 8.62. The van der Waals surface area contributed by atoms with Gasteiger partial charge in [0.15, 0.2) is 6.35 Å². The molecule has 0 bridgehead atoms. The highest BCUT2D eigenvalue weighted by Gasteiger charge is 2.50. The molecule has 41 heavy (non-hydrogen) atoms. The van der Waals surface area contributed by atoms with E-state index in [4.69, 9.17) is 4.74 Å². The maximum atomic E-state index is 12.6. The van der Waals surface area contributed by atoms with E-state index in [1.807, 2.05) is 4.90 Å². The second kappa shape index (κ2) is 12.0. The van der Waals surface area contributed by atoms with Crippen molar-refractivity contribution in [1.29, 1.82) is 5.26 Å². The summed E-state index contributed by atoms with van der Waals surface area (Å²) >= 11 is 0. The monoisotopic (exact) mass is 561 g/mol. The van der Waals surface area contributed by atoms with Crippen molar-refractivity contribution in [3.8, 4) is 6.07 Å². The minimum Gasteiger partial charge on any atom is -0.374 e. The molecule has 7 atom stereocenters. The number of benzene rings is 1. The summed E-state index contributed by atoms with van der Waals surface area (Å²) in [4.78, 5) is 21.8. The van der Waals surface area contributed by atoms with E-state index in [-0.39, 0.29) is 29.9 Å². The minimum atomic E-state index is -0.221. The third kappa shape index (κ3) is 5.78. The molecule has 9 heteroatoms. The average Bonchev–Trinajstić information content (AvgIpc) is 3.39. The number of nitriles is 1. The second-order valence-corrected chi connectivity index (χ2v) is 13.2. The van der Waals surface area contributed by atoms with Crippen LogP contribution in [0.4, 0.5) is 5.69 Å². The van der Waals surface area contributed by atoms with Crippen LogP contribution in [0.2, 0.25) is 0 Å². The fraction of sp³-hybridized carbons (Fsp3) is 0.688. The standard InChI is InChI=1S/C32H47N7O2/c1-4-29(40)39-17-16-38(20-24(39)12-14-33)30-26-11-13-32(18-23-8-5-6-10-28(23)37(3)22-32)19-27(26)34-31(35-30)41-21-25-9-7-15-36(25)2/h4-6,8,10,24-27,30-31,34-35H,1,7,9,11-13,15-22H2,2-3H3/t24?,25?,26?,27?,30?,31?,32-/m1/s1. The summed E-state index contributed by atoms with van der Waals surface area (Å²) < 4.78 is 6.58. The van der Waals surface area contributed by atoms with Crippen LogP contribution >= 0.6 is 0 Å². The number of nitrogens with one attached hydrogen (secondary N) is 2. The first kappa shape index (κ1) is 28.6. The Kier molecular flexibility index (Phi) is 8.39. The molecule has 1 aliphatic carbocycles. The zero-order chi connectivity index (χ0) is 28.6. The maximum absolute atomic E-state index is 12.6. The van der Waals surface area contributed by atoms with E-state index in [9.17, 15) is 10.1 Å². The van der Waals surface area contributed by atoms with Crippen molar-refractivity contribution in [2.75, 3.05) is 58.3 Å². The Balaban J connectivity index is 1.22. The van der Waals surface area contributed by atoms with Gasteiger partial charge < -0.3 is 19.4 Å². The number of carbonyl (C=O) groups is 1. The molecule has 1 amide bonds. The third-order valence-electron chi connectivity index (χ3n) is 10.6. The molecule has 1 saturated carbocycles. The smallest absolute Gasteiger partial charge is 0.246 e. The number of amides is 1. The molecular formula is C32H47N7O2. The van der Waals surface area contributed by atoms with Gasteiger partial charge >= 0.3 is 0 Å². The van der Waals surface area contributed by atoms with Crippen LogP contribution in [-0.2, 0) is 16.0 Å². The Bertz CT molecular complexity index is 1160. The van der Waals surface area contributed by atoms with Crippen molar-refractivity contribution >= 4 is 11.6 Å². The van der Waals surface area contributed by atoms with Crippen LogP contribution in [0.5, 0.6) is 0 Å². The fourth-order valence-electron chi connectivity index (χ4n) is 8.55. The van der Waals surface area contributed by atoms with E-state index >= 15 is 0 Å². The number of anilines is 1. The summed E-state index contributed by atoms with van der Waals surface area (Å²) in [5.74, 6) is 0.353. The molecule has 4 aliphatic heterocycles. The highest BCUT2D eigenvalue weighted by molar-refractivity contribution is 5.87. The van der Waals surface area contributed by atoms with Crippen molar-refractivity contribution in [3.63, 3.8) is 0 Å². The lowest BCUT2D eigenvalue weighted by Crippen LogP contribution is -2.73. The van der Waals surface area contributed by atoms with Gasteiger partial charge in [0.05, 0.1) is 31.3 Å². The number of piperazine rings is 1. The number of likely N-dealkylation sites (N-methyl/N-ethyl adjacent to an activating group) is 1. The maximum Gasteiger partial charge on any atom is 0.246 e. The fourth-order valence-corrected chi connectivity index (χ4v) is 8.55. The summed E-state index contributed by atoms with van der Waals surface area (Å²) in [6, 6.07) is 11.9. The summed E-state index contributed by atoms with van der Waals surface area (Å²) in [5, 5.41) is 17.3. The van der Waals surface area contributed by atoms with Gasteiger partial charge in [0.25, 0.3) is 0 Å². The molecule has 9 nitrogen and oxygen atoms in total. The molecule has 1 spiro atoms. The van der Waals surface area contributed by atoms with Crippen LogP contribution in [0, 0.1) is 22.7 Å². The summed E-state index contributed by atoms with van der Waals surface area (Å²) in [7, 11) is 4.44. The molecular weight excluding hydrogens is 514 g/mol. The number of hydrogen-bond donors (Lipinski definition) is 2. The van der Waals surface area contributed by atoms with Crippen LogP contribution in [0.15, 0.2) is 36.9 Å². The van der Waals surface area contributed by atoms with Gasteiger partial charge in [-0.1, -0.05) is 24.8 Å².